The van der Waals surface area contributed by atoms with Crippen LogP contribution in [0.5, 0.6) is 5.75 Å². The molecule has 1 aromatic carbocycles. The fourth-order valence-electron chi connectivity index (χ4n) is 2.78. The number of hydrogen-bond donors (Lipinski definition) is 4. The van der Waals surface area contributed by atoms with Crippen molar-refractivity contribution < 1.29 is 19.8 Å². The molecule has 0 aliphatic carbocycles. The van der Waals surface area contributed by atoms with E-state index in [1.54, 1.807) is 18.2 Å². The van der Waals surface area contributed by atoms with Gasteiger partial charge in [0.05, 0.1) is 12.5 Å². The van der Waals surface area contributed by atoms with Crippen LogP contribution in [0.4, 0.5) is 10.5 Å². The lowest BCUT2D eigenvalue weighted by Gasteiger charge is -2.16. The van der Waals surface area contributed by atoms with E-state index in [2.05, 4.69) is 10.6 Å². The van der Waals surface area contributed by atoms with Gasteiger partial charge in [-0.3, -0.25) is 9.59 Å². The first-order chi connectivity index (χ1) is 14.2. The molecule has 0 aliphatic rings. The first kappa shape index (κ1) is 21.4. The number of halogens is 1. The Morgan fingerprint density at radius 2 is 2.00 bits per heavy atom. The molecule has 3 rings (SSSR count). The van der Waals surface area contributed by atoms with Crippen LogP contribution in [0, 0.1) is 0 Å². The quantitative estimate of drug-likeness (QED) is 0.458. The second-order valence-corrected chi connectivity index (χ2v) is 8.01. The molecular weight excluding hydrogens is 430 g/mol. The average Bonchev–Trinajstić information content (AvgIpc) is 3.18. The Morgan fingerprint density at radius 1 is 1.23 bits per heavy atom. The number of hydrogen-bond acceptors (Lipinski definition) is 5. The highest BCUT2D eigenvalue weighted by Gasteiger charge is 2.22. The number of nitrogens with one attached hydrogen (secondary N) is 2. The summed E-state index contributed by atoms with van der Waals surface area (Å²) in [6, 6.07) is 10.4. The van der Waals surface area contributed by atoms with Gasteiger partial charge in [0.15, 0.2) is 5.69 Å². The number of aromatic nitrogens is 1. The molecule has 0 unspecified atom stereocenters. The molecule has 0 aliphatic heterocycles. The number of anilines is 1. The predicted molar refractivity (Wildman–Crippen MR) is 115 cm³/mol. The molecule has 2 amide bonds. The lowest BCUT2D eigenvalue weighted by Crippen LogP contribution is -2.35. The molecule has 0 fully saturated rings. The number of pyridine rings is 1. The highest BCUT2D eigenvalue weighted by atomic mass is 35.5. The molecule has 0 spiro atoms. The average molecular weight is 448 g/mol. The number of aryl methyl sites for hydroxylation is 1. The molecule has 8 nitrogen and oxygen atoms in total. The molecule has 4 N–H and O–H groups in total. The molecular formula is C20H18ClN3O5S. The largest absolute Gasteiger partial charge is 0.505 e. The number of carbonyl (C=O) groups is 2. The zero-order chi connectivity index (χ0) is 21.8. The normalized spacial score (nSPS) is 11.7. The van der Waals surface area contributed by atoms with Gasteiger partial charge in [-0.25, -0.2) is 4.79 Å². The smallest absolute Gasteiger partial charge is 0.320 e. The van der Waals surface area contributed by atoms with Gasteiger partial charge in [-0.1, -0.05) is 23.7 Å². The maximum Gasteiger partial charge on any atom is 0.320 e. The molecule has 3 aromatic rings. The van der Waals surface area contributed by atoms with Crippen molar-refractivity contribution in [2.24, 2.45) is 7.05 Å². The Morgan fingerprint density at radius 3 is 2.70 bits per heavy atom. The lowest BCUT2D eigenvalue weighted by molar-refractivity contribution is -0.137. The molecule has 30 heavy (non-hydrogen) atoms. The van der Waals surface area contributed by atoms with E-state index < -0.39 is 23.6 Å². The summed E-state index contributed by atoms with van der Waals surface area (Å²) in [5.41, 5.74) is -0.0216. The minimum atomic E-state index is -1.10. The van der Waals surface area contributed by atoms with Crippen molar-refractivity contribution >= 4 is 40.6 Å². The van der Waals surface area contributed by atoms with Crippen molar-refractivity contribution in [2.45, 2.75) is 12.5 Å². The van der Waals surface area contributed by atoms with Gasteiger partial charge in [-0.2, -0.15) is 0 Å². The number of carbonyl (C=O) groups excluding carboxylic acids is 1. The Bertz CT molecular complexity index is 1160. The predicted octanol–water partition coefficient (Wildman–Crippen LogP) is 3.81. The topological polar surface area (TPSA) is 121 Å². The van der Waals surface area contributed by atoms with Crippen LogP contribution in [0.25, 0.3) is 10.4 Å². The number of carboxylic acids is 1. The van der Waals surface area contributed by atoms with Crippen LogP contribution in [0.15, 0.2) is 53.5 Å². The molecule has 2 aromatic heterocycles. The van der Waals surface area contributed by atoms with Gasteiger partial charge >= 0.3 is 12.0 Å². The van der Waals surface area contributed by atoms with Crippen LogP contribution in [0.3, 0.4) is 0 Å². The van der Waals surface area contributed by atoms with Crippen molar-refractivity contribution in [3.63, 3.8) is 0 Å². The SMILES string of the molecule is Cn1ccc(O)c(NC(=O)N[C@@H](CC(=O)O)c2ccc(-c3cccc(Cl)c3)s2)c1=O. The number of aromatic hydroxyl groups is 1. The maximum absolute atomic E-state index is 12.4. The number of aliphatic carboxylic acids is 1. The summed E-state index contributed by atoms with van der Waals surface area (Å²) >= 11 is 7.35. The van der Waals surface area contributed by atoms with E-state index in [4.69, 9.17) is 11.6 Å². The third-order valence-corrected chi connectivity index (χ3v) is 5.73. The Labute approximate surface area is 180 Å². The zero-order valence-electron chi connectivity index (χ0n) is 15.8. The summed E-state index contributed by atoms with van der Waals surface area (Å²) in [4.78, 5) is 37.3. The number of amides is 2. The van der Waals surface area contributed by atoms with Crippen molar-refractivity contribution in [1.82, 2.24) is 9.88 Å². The number of benzene rings is 1. The Hall–Kier alpha value is -3.30. The molecule has 0 radical (unpaired) electrons. The van der Waals surface area contributed by atoms with Gasteiger partial charge in [0.25, 0.3) is 5.56 Å². The minimum Gasteiger partial charge on any atom is -0.505 e. The van der Waals surface area contributed by atoms with E-state index in [9.17, 15) is 24.6 Å². The summed E-state index contributed by atoms with van der Waals surface area (Å²) in [5, 5.41) is 24.5. The number of carboxylic acid groups (broad SMARTS) is 1. The van der Waals surface area contributed by atoms with Crippen LogP contribution in [-0.2, 0) is 11.8 Å². The number of thiophene rings is 1. The maximum atomic E-state index is 12.4. The van der Waals surface area contributed by atoms with Crippen LogP contribution in [0.1, 0.15) is 17.3 Å². The first-order valence-corrected chi connectivity index (χ1v) is 9.97. The van der Waals surface area contributed by atoms with Crippen molar-refractivity contribution in [3.8, 4) is 16.2 Å². The summed E-state index contributed by atoms with van der Waals surface area (Å²) in [6.45, 7) is 0. The summed E-state index contributed by atoms with van der Waals surface area (Å²) < 4.78 is 1.20. The first-order valence-electron chi connectivity index (χ1n) is 8.78. The molecule has 0 bridgehead atoms. The van der Waals surface area contributed by atoms with Crippen LogP contribution in [-0.4, -0.2) is 26.8 Å². The summed E-state index contributed by atoms with van der Waals surface area (Å²) in [6.07, 6.45) is 0.999. The number of urea groups is 1. The Kier molecular flexibility index (Phi) is 6.43. The molecule has 0 saturated heterocycles. The fraction of sp³-hybridized carbons (Fsp3) is 0.150. The molecule has 0 saturated carbocycles. The van der Waals surface area contributed by atoms with Gasteiger partial charge in [0, 0.05) is 28.0 Å². The van der Waals surface area contributed by atoms with Gasteiger partial charge in [-0.05, 0) is 35.9 Å². The third kappa shape index (κ3) is 5.00. The monoisotopic (exact) mass is 447 g/mol. The molecule has 156 valence electrons. The highest BCUT2D eigenvalue weighted by Crippen LogP contribution is 2.33. The van der Waals surface area contributed by atoms with Gasteiger partial charge in [0.1, 0.15) is 5.75 Å². The van der Waals surface area contributed by atoms with E-state index in [-0.39, 0.29) is 17.9 Å². The van der Waals surface area contributed by atoms with Crippen molar-refractivity contribution in [3.05, 3.63) is 68.9 Å². The van der Waals surface area contributed by atoms with E-state index in [1.807, 2.05) is 18.2 Å². The highest BCUT2D eigenvalue weighted by molar-refractivity contribution is 7.15. The van der Waals surface area contributed by atoms with E-state index >= 15 is 0 Å². The standard InChI is InChI=1S/C20H18ClN3O5S/c1-24-8-7-14(25)18(19(24)28)23-20(29)22-13(10-17(26)27)16-6-5-15(30-16)11-3-2-4-12(21)9-11/h2-9,13,25H,10H2,1H3,(H,26,27)(H2,22,23,29)/t13-/m0/s1. The van der Waals surface area contributed by atoms with Gasteiger partial charge < -0.3 is 25.4 Å². The zero-order valence-corrected chi connectivity index (χ0v) is 17.3. The third-order valence-electron chi connectivity index (χ3n) is 4.25. The molecule has 1 atom stereocenters. The molecule has 2 heterocycles. The molecule has 10 heteroatoms. The lowest BCUT2D eigenvalue weighted by atomic mass is 10.1. The van der Waals surface area contributed by atoms with Crippen molar-refractivity contribution in [2.75, 3.05) is 5.32 Å². The Balaban J connectivity index is 1.82. The van der Waals surface area contributed by atoms with Gasteiger partial charge in [0.2, 0.25) is 0 Å². The van der Waals surface area contributed by atoms with E-state index in [1.165, 1.54) is 35.2 Å². The summed E-state index contributed by atoms with van der Waals surface area (Å²) in [7, 11) is 1.47. The summed E-state index contributed by atoms with van der Waals surface area (Å²) in [5.74, 6) is -1.49. The van der Waals surface area contributed by atoms with Crippen LogP contribution in [0.2, 0.25) is 5.02 Å². The fourth-order valence-corrected chi connectivity index (χ4v) is 4.02. The number of nitrogens with zero attached hydrogens (tertiary/aromatic N) is 1. The van der Waals surface area contributed by atoms with E-state index in [0.29, 0.717) is 9.90 Å². The van der Waals surface area contributed by atoms with Crippen LogP contribution >= 0.6 is 22.9 Å². The minimum absolute atomic E-state index is 0.294. The number of rotatable bonds is 6. The van der Waals surface area contributed by atoms with Crippen molar-refractivity contribution in [1.29, 1.82) is 0 Å². The van der Waals surface area contributed by atoms with E-state index in [0.717, 1.165) is 10.4 Å². The second-order valence-electron chi connectivity index (χ2n) is 6.45. The second kappa shape index (κ2) is 9.02. The van der Waals surface area contributed by atoms with Gasteiger partial charge in [-0.15, -0.1) is 11.3 Å². The van der Waals surface area contributed by atoms with Crippen LogP contribution < -0.4 is 16.2 Å².